The van der Waals surface area contributed by atoms with E-state index in [1.54, 1.807) is 14.2 Å². The Morgan fingerprint density at radius 1 is 1.09 bits per heavy atom. The average Bonchev–Trinajstić information content (AvgIpc) is 3.60. The molecule has 3 aromatic rings. The van der Waals surface area contributed by atoms with E-state index < -0.39 is 22.3 Å². The standard InChI is InChI=1S/C24H26ClN3O6S/c1-31-19-6-4-5-16(22(19)32-2)21-17-13-15(25)9-10-18(17)28-23(14-7-8-14)26-27-24(28)20(34-21)11-12-33-35(3,29)30/h4-6,9-10,13-14,20-21H,7-8,11-12H2,1-3H3. The quantitative estimate of drug-likeness (QED) is 0.405. The van der Waals surface area contributed by atoms with Crippen LogP contribution in [-0.4, -0.2) is 50.3 Å². The van der Waals surface area contributed by atoms with Gasteiger partial charge in [0.2, 0.25) is 0 Å². The molecule has 1 aliphatic carbocycles. The fourth-order valence-corrected chi connectivity index (χ4v) is 5.05. The van der Waals surface area contributed by atoms with E-state index >= 15 is 0 Å². The highest BCUT2D eigenvalue weighted by Gasteiger charge is 2.38. The van der Waals surface area contributed by atoms with Crippen LogP contribution >= 0.6 is 11.6 Å². The molecular formula is C24H26ClN3O6S. The topological polar surface area (TPSA) is 102 Å². The summed E-state index contributed by atoms with van der Waals surface area (Å²) in [6.07, 6.45) is 2.14. The molecule has 2 atom stereocenters. The molecule has 2 aromatic carbocycles. The number of rotatable bonds is 8. The third kappa shape index (κ3) is 4.75. The lowest BCUT2D eigenvalue weighted by atomic mass is 9.98. The molecule has 0 N–H and O–H groups in total. The van der Waals surface area contributed by atoms with Gasteiger partial charge >= 0.3 is 0 Å². The monoisotopic (exact) mass is 519 g/mol. The van der Waals surface area contributed by atoms with Gasteiger partial charge in [-0.1, -0.05) is 23.7 Å². The molecule has 1 aliphatic heterocycles. The molecule has 11 heteroatoms. The van der Waals surface area contributed by atoms with Crippen LogP contribution in [0, 0.1) is 0 Å². The van der Waals surface area contributed by atoms with Crippen molar-refractivity contribution in [2.75, 3.05) is 27.1 Å². The largest absolute Gasteiger partial charge is 0.493 e. The van der Waals surface area contributed by atoms with E-state index in [2.05, 4.69) is 10.2 Å². The van der Waals surface area contributed by atoms with Crippen LogP contribution in [-0.2, 0) is 19.0 Å². The second kappa shape index (κ2) is 9.42. The first-order valence-electron chi connectivity index (χ1n) is 11.3. The summed E-state index contributed by atoms with van der Waals surface area (Å²) >= 11 is 6.46. The Hall–Kier alpha value is -2.66. The van der Waals surface area contributed by atoms with E-state index in [0.717, 1.165) is 41.7 Å². The Balaban J connectivity index is 1.68. The lowest BCUT2D eigenvalue weighted by Crippen LogP contribution is -2.15. The Labute approximate surface area is 209 Å². The molecular weight excluding hydrogens is 494 g/mol. The van der Waals surface area contributed by atoms with Crippen molar-refractivity contribution in [3.8, 4) is 17.2 Å². The van der Waals surface area contributed by atoms with E-state index in [4.69, 9.17) is 30.0 Å². The smallest absolute Gasteiger partial charge is 0.264 e. The number of fused-ring (bicyclic) bond motifs is 3. The Morgan fingerprint density at radius 3 is 2.54 bits per heavy atom. The minimum absolute atomic E-state index is 0.0613. The van der Waals surface area contributed by atoms with Gasteiger partial charge in [-0.2, -0.15) is 8.42 Å². The number of halogens is 1. The summed E-state index contributed by atoms with van der Waals surface area (Å²) in [7, 11) is -0.450. The molecule has 0 saturated heterocycles. The summed E-state index contributed by atoms with van der Waals surface area (Å²) in [5.74, 6) is 2.88. The number of methoxy groups -OCH3 is 2. The molecule has 2 unspecified atom stereocenters. The van der Waals surface area contributed by atoms with Crippen molar-refractivity contribution in [3.63, 3.8) is 0 Å². The van der Waals surface area contributed by atoms with E-state index in [1.165, 1.54) is 0 Å². The number of hydrogen-bond acceptors (Lipinski definition) is 8. The lowest BCUT2D eigenvalue weighted by Gasteiger charge is -2.25. The molecule has 1 aromatic heterocycles. The normalized spacial score (nSPS) is 19.5. The number of ether oxygens (including phenoxy) is 3. The molecule has 0 spiro atoms. The van der Waals surface area contributed by atoms with Crippen molar-refractivity contribution in [3.05, 3.63) is 64.2 Å². The van der Waals surface area contributed by atoms with Crippen molar-refractivity contribution in [2.45, 2.75) is 37.4 Å². The molecule has 9 nitrogen and oxygen atoms in total. The van der Waals surface area contributed by atoms with Crippen LogP contribution in [0.3, 0.4) is 0 Å². The molecule has 1 fully saturated rings. The van der Waals surface area contributed by atoms with Crippen LogP contribution in [0.15, 0.2) is 36.4 Å². The van der Waals surface area contributed by atoms with Gasteiger partial charge in [-0.05, 0) is 37.1 Å². The Kier molecular flexibility index (Phi) is 6.47. The molecule has 2 heterocycles. The first-order valence-corrected chi connectivity index (χ1v) is 13.5. The SMILES string of the molecule is COc1cccc(C2OC(CCOS(C)(=O)=O)c3nnc(C4CC4)n3-c3ccc(Cl)cc32)c1OC. The van der Waals surface area contributed by atoms with Gasteiger partial charge in [0.1, 0.15) is 18.0 Å². The Bertz CT molecular complexity index is 1360. The number of nitrogens with zero attached hydrogens (tertiary/aromatic N) is 3. The van der Waals surface area contributed by atoms with Crippen molar-refractivity contribution in [2.24, 2.45) is 0 Å². The number of benzene rings is 2. The van der Waals surface area contributed by atoms with Gasteiger partial charge in [0.25, 0.3) is 10.1 Å². The summed E-state index contributed by atoms with van der Waals surface area (Å²) in [4.78, 5) is 0. The van der Waals surface area contributed by atoms with Gasteiger partial charge in [0.05, 0.1) is 32.8 Å². The Morgan fingerprint density at radius 2 is 1.86 bits per heavy atom. The molecule has 0 bridgehead atoms. The first kappa shape index (κ1) is 24.1. The molecule has 0 amide bonds. The maximum Gasteiger partial charge on any atom is 0.264 e. The highest BCUT2D eigenvalue weighted by Crippen LogP contribution is 2.48. The lowest BCUT2D eigenvalue weighted by molar-refractivity contribution is -0.00769. The third-order valence-electron chi connectivity index (χ3n) is 6.15. The van der Waals surface area contributed by atoms with Crippen LogP contribution in [0.5, 0.6) is 11.5 Å². The van der Waals surface area contributed by atoms with Crippen LogP contribution < -0.4 is 9.47 Å². The minimum Gasteiger partial charge on any atom is -0.493 e. The van der Waals surface area contributed by atoms with Gasteiger partial charge in [0, 0.05) is 28.5 Å². The highest BCUT2D eigenvalue weighted by atomic mass is 35.5. The second-order valence-corrected chi connectivity index (χ2v) is 10.7. The highest BCUT2D eigenvalue weighted by molar-refractivity contribution is 7.85. The van der Waals surface area contributed by atoms with Crippen LogP contribution in [0.25, 0.3) is 5.69 Å². The fraction of sp³-hybridized carbons (Fsp3) is 0.417. The predicted molar refractivity (Wildman–Crippen MR) is 129 cm³/mol. The van der Waals surface area contributed by atoms with E-state index in [0.29, 0.717) is 28.3 Å². The average molecular weight is 520 g/mol. The van der Waals surface area contributed by atoms with E-state index in [-0.39, 0.29) is 13.0 Å². The number of aromatic nitrogens is 3. The predicted octanol–water partition coefficient (Wildman–Crippen LogP) is 4.34. The maximum absolute atomic E-state index is 11.6. The van der Waals surface area contributed by atoms with Crippen LogP contribution in [0.1, 0.15) is 60.2 Å². The zero-order valence-electron chi connectivity index (χ0n) is 19.6. The number of para-hydroxylation sites is 1. The third-order valence-corrected chi connectivity index (χ3v) is 6.98. The molecule has 186 valence electrons. The first-order chi connectivity index (χ1) is 16.8. The van der Waals surface area contributed by atoms with Crippen molar-refractivity contribution >= 4 is 21.7 Å². The summed E-state index contributed by atoms with van der Waals surface area (Å²) in [6.45, 7) is -0.0613. The summed E-state index contributed by atoms with van der Waals surface area (Å²) in [5, 5.41) is 9.54. The van der Waals surface area contributed by atoms with Gasteiger partial charge in [-0.25, -0.2) is 0 Å². The minimum atomic E-state index is -3.61. The summed E-state index contributed by atoms with van der Waals surface area (Å²) in [6, 6.07) is 11.2. The van der Waals surface area contributed by atoms with Gasteiger partial charge in [-0.3, -0.25) is 8.75 Å². The molecule has 2 aliphatic rings. The van der Waals surface area contributed by atoms with Crippen LogP contribution in [0.2, 0.25) is 5.02 Å². The number of hydrogen-bond donors (Lipinski definition) is 0. The zero-order valence-corrected chi connectivity index (χ0v) is 21.2. The van der Waals surface area contributed by atoms with Crippen molar-refractivity contribution in [1.29, 1.82) is 0 Å². The summed E-state index contributed by atoms with van der Waals surface area (Å²) < 4.78 is 48.2. The molecule has 0 radical (unpaired) electrons. The second-order valence-electron chi connectivity index (χ2n) is 8.63. The fourth-order valence-electron chi connectivity index (χ4n) is 4.47. The van der Waals surface area contributed by atoms with Crippen molar-refractivity contribution in [1.82, 2.24) is 14.8 Å². The zero-order chi connectivity index (χ0) is 24.7. The van der Waals surface area contributed by atoms with E-state index in [1.807, 2.05) is 41.0 Å². The van der Waals surface area contributed by atoms with Crippen molar-refractivity contribution < 1.29 is 26.8 Å². The van der Waals surface area contributed by atoms with Gasteiger partial charge in [0.15, 0.2) is 17.3 Å². The maximum atomic E-state index is 11.6. The van der Waals surface area contributed by atoms with E-state index in [9.17, 15) is 8.42 Å². The van der Waals surface area contributed by atoms with Gasteiger partial charge in [-0.15, -0.1) is 10.2 Å². The molecule has 35 heavy (non-hydrogen) atoms. The molecule has 5 rings (SSSR count). The van der Waals surface area contributed by atoms with Crippen LogP contribution in [0.4, 0.5) is 0 Å². The van der Waals surface area contributed by atoms with Gasteiger partial charge < -0.3 is 14.2 Å². The summed E-state index contributed by atoms with van der Waals surface area (Å²) in [5.41, 5.74) is 2.42. The molecule has 1 saturated carbocycles.